The lowest BCUT2D eigenvalue weighted by Crippen LogP contribution is -2.28. The van der Waals surface area contributed by atoms with Crippen molar-refractivity contribution in [3.8, 4) is 5.75 Å². The minimum atomic E-state index is -1.08. The molecule has 22 heavy (non-hydrogen) atoms. The van der Waals surface area contributed by atoms with Crippen molar-refractivity contribution in [3.05, 3.63) is 64.7 Å². The molecule has 0 unspecified atom stereocenters. The Morgan fingerprint density at radius 2 is 1.45 bits per heavy atom. The van der Waals surface area contributed by atoms with E-state index in [9.17, 15) is 9.59 Å². The lowest BCUT2D eigenvalue weighted by Gasteiger charge is -2.13. The highest BCUT2D eigenvalue weighted by molar-refractivity contribution is 6.30. The van der Waals surface area contributed by atoms with Gasteiger partial charge in [0.1, 0.15) is 5.75 Å². The summed E-state index contributed by atoms with van der Waals surface area (Å²) < 4.78 is 5.50. The number of rotatable bonds is 5. The van der Waals surface area contributed by atoms with Crippen LogP contribution in [0.1, 0.15) is 28.8 Å². The molecule has 1 N–H and O–H groups in total. The fourth-order valence-electron chi connectivity index (χ4n) is 2.14. The van der Waals surface area contributed by atoms with Gasteiger partial charge in [-0.25, -0.2) is 4.79 Å². The zero-order valence-electron chi connectivity index (χ0n) is 11.6. The maximum atomic E-state index is 12.3. The predicted octanol–water partition coefficient (Wildman–Crippen LogP) is 3.57. The summed E-state index contributed by atoms with van der Waals surface area (Å²) >= 11 is 5.80. The van der Waals surface area contributed by atoms with Crippen molar-refractivity contribution >= 4 is 23.4 Å². The number of carbonyl (C=O) groups is 2. The van der Waals surface area contributed by atoms with E-state index in [-0.39, 0.29) is 5.78 Å². The molecule has 112 valence electrons. The highest BCUT2D eigenvalue weighted by Crippen LogP contribution is 2.40. The molecule has 1 aliphatic rings. The summed E-state index contributed by atoms with van der Waals surface area (Å²) in [6.45, 7) is 0. The molecule has 5 heteroatoms. The summed E-state index contributed by atoms with van der Waals surface area (Å²) in [5.74, 6) is -0.621. The summed E-state index contributed by atoms with van der Waals surface area (Å²) in [7, 11) is 0. The van der Waals surface area contributed by atoms with Gasteiger partial charge in [0.15, 0.2) is 5.78 Å². The molecule has 0 radical (unpaired) electrons. The third kappa shape index (κ3) is 2.83. The highest BCUT2D eigenvalue weighted by Gasteiger charge is 2.53. The zero-order chi connectivity index (χ0) is 15.7. The Hall–Kier alpha value is -2.33. The van der Waals surface area contributed by atoms with Gasteiger partial charge >= 0.3 is 5.97 Å². The van der Waals surface area contributed by atoms with E-state index in [0.717, 1.165) is 0 Å². The number of carboxylic acids is 1. The molecule has 0 heterocycles. The molecular weight excluding hydrogens is 304 g/mol. The van der Waals surface area contributed by atoms with Gasteiger partial charge < -0.3 is 9.84 Å². The van der Waals surface area contributed by atoms with Gasteiger partial charge in [-0.05, 0) is 48.5 Å². The summed E-state index contributed by atoms with van der Waals surface area (Å²) in [6.07, 6.45) is 1.02. The van der Waals surface area contributed by atoms with Crippen molar-refractivity contribution in [3.63, 3.8) is 0 Å². The molecule has 2 aromatic rings. The molecule has 2 aromatic carbocycles. The van der Waals surface area contributed by atoms with Gasteiger partial charge in [0.2, 0.25) is 5.60 Å². The summed E-state index contributed by atoms with van der Waals surface area (Å²) in [6, 6.07) is 13.1. The van der Waals surface area contributed by atoms with Crippen molar-refractivity contribution in [1.82, 2.24) is 0 Å². The maximum Gasteiger partial charge on any atom is 0.348 e. The quantitative estimate of drug-likeness (QED) is 0.857. The molecule has 4 nitrogen and oxygen atoms in total. The second kappa shape index (κ2) is 5.46. The molecule has 1 saturated carbocycles. The Morgan fingerprint density at radius 1 is 0.955 bits per heavy atom. The van der Waals surface area contributed by atoms with Crippen LogP contribution in [-0.4, -0.2) is 22.5 Å². The first-order chi connectivity index (χ1) is 10.5. The predicted molar refractivity (Wildman–Crippen MR) is 81.6 cm³/mol. The third-order valence-corrected chi connectivity index (χ3v) is 3.88. The molecule has 0 aliphatic heterocycles. The van der Waals surface area contributed by atoms with Gasteiger partial charge in [-0.15, -0.1) is 0 Å². The Morgan fingerprint density at radius 3 is 1.91 bits per heavy atom. The van der Waals surface area contributed by atoms with Crippen molar-refractivity contribution in [2.24, 2.45) is 0 Å². The molecule has 1 fully saturated rings. The molecule has 0 atom stereocenters. The van der Waals surface area contributed by atoms with Crippen LogP contribution in [0.3, 0.4) is 0 Å². The van der Waals surface area contributed by atoms with Crippen LogP contribution in [0, 0.1) is 0 Å². The lowest BCUT2D eigenvalue weighted by molar-refractivity contribution is -0.147. The number of halogens is 1. The first-order valence-electron chi connectivity index (χ1n) is 6.83. The third-order valence-electron chi connectivity index (χ3n) is 3.63. The number of ether oxygens (including phenoxy) is 1. The van der Waals surface area contributed by atoms with Crippen LogP contribution in [-0.2, 0) is 4.79 Å². The minimum absolute atomic E-state index is 0.123. The number of carboxylic acid groups (broad SMARTS) is 1. The SMILES string of the molecule is O=C(c1ccc(Cl)cc1)c1ccc(OC2(C(=O)O)CC2)cc1. The van der Waals surface area contributed by atoms with Crippen LogP contribution in [0.5, 0.6) is 5.75 Å². The van der Waals surface area contributed by atoms with Crippen LogP contribution in [0.15, 0.2) is 48.5 Å². The normalized spacial score (nSPS) is 15.1. The molecule has 3 rings (SSSR count). The molecule has 1 aliphatic carbocycles. The number of hydrogen-bond donors (Lipinski definition) is 1. The lowest BCUT2D eigenvalue weighted by atomic mass is 10.0. The fourth-order valence-corrected chi connectivity index (χ4v) is 2.27. The molecule has 0 saturated heterocycles. The summed E-state index contributed by atoms with van der Waals surface area (Å²) in [5.41, 5.74) is -0.0288. The molecule has 0 bridgehead atoms. The van der Waals surface area contributed by atoms with E-state index in [1.807, 2.05) is 0 Å². The van der Waals surface area contributed by atoms with Crippen LogP contribution >= 0.6 is 11.6 Å². The van der Waals surface area contributed by atoms with Crippen molar-refractivity contribution in [2.75, 3.05) is 0 Å². The average molecular weight is 317 g/mol. The number of aliphatic carboxylic acids is 1. The topological polar surface area (TPSA) is 63.6 Å². The molecule has 0 aromatic heterocycles. The van der Waals surface area contributed by atoms with Gasteiger partial charge in [-0.3, -0.25) is 4.79 Å². The van der Waals surface area contributed by atoms with Gasteiger partial charge in [-0.1, -0.05) is 11.6 Å². The molecular formula is C17H13ClO4. The average Bonchev–Trinajstić information content (AvgIpc) is 3.29. The van der Waals surface area contributed by atoms with E-state index in [0.29, 0.717) is 34.7 Å². The van der Waals surface area contributed by atoms with Gasteiger partial charge in [-0.2, -0.15) is 0 Å². The van der Waals surface area contributed by atoms with Gasteiger partial charge in [0.25, 0.3) is 0 Å². The number of benzene rings is 2. The van der Waals surface area contributed by atoms with Crippen LogP contribution < -0.4 is 4.74 Å². The minimum Gasteiger partial charge on any atom is -0.478 e. The molecule has 0 amide bonds. The van der Waals surface area contributed by atoms with Crippen LogP contribution in [0.2, 0.25) is 5.02 Å². The van der Waals surface area contributed by atoms with E-state index < -0.39 is 11.6 Å². The molecule has 0 spiro atoms. The first-order valence-corrected chi connectivity index (χ1v) is 7.21. The Kier molecular flexibility index (Phi) is 3.62. The Balaban J connectivity index is 1.75. The van der Waals surface area contributed by atoms with Gasteiger partial charge in [0, 0.05) is 29.0 Å². The Bertz CT molecular complexity index is 715. The summed E-state index contributed by atoms with van der Waals surface area (Å²) in [4.78, 5) is 23.4. The fraction of sp³-hybridized carbons (Fsp3) is 0.176. The summed E-state index contributed by atoms with van der Waals surface area (Å²) in [5, 5.41) is 9.66. The zero-order valence-corrected chi connectivity index (χ0v) is 12.3. The number of ketones is 1. The first kappa shape index (κ1) is 14.6. The van der Waals surface area contributed by atoms with Gasteiger partial charge in [0.05, 0.1) is 0 Å². The number of hydrogen-bond acceptors (Lipinski definition) is 3. The van der Waals surface area contributed by atoms with E-state index >= 15 is 0 Å². The highest BCUT2D eigenvalue weighted by atomic mass is 35.5. The maximum absolute atomic E-state index is 12.3. The van der Waals surface area contributed by atoms with E-state index in [1.54, 1.807) is 48.5 Å². The Labute approximate surface area is 132 Å². The number of carbonyl (C=O) groups excluding carboxylic acids is 1. The monoisotopic (exact) mass is 316 g/mol. The second-order valence-corrected chi connectivity index (χ2v) is 5.70. The van der Waals surface area contributed by atoms with Crippen LogP contribution in [0.4, 0.5) is 0 Å². The van der Waals surface area contributed by atoms with E-state index in [1.165, 1.54) is 0 Å². The van der Waals surface area contributed by atoms with Crippen molar-refractivity contribution in [1.29, 1.82) is 0 Å². The van der Waals surface area contributed by atoms with E-state index in [2.05, 4.69) is 0 Å². The van der Waals surface area contributed by atoms with Crippen molar-refractivity contribution < 1.29 is 19.4 Å². The second-order valence-electron chi connectivity index (χ2n) is 5.26. The van der Waals surface area contributed by atoms with Crippen molar-refractivity contribution in [2.45, 2.75) is 18.4 Å². The van der Waals surface area contributed by atoms with E-state index in [4.69, 9.17) is 21.4 Å². The smallest absolute Gasteiger partial charge is 0.348 e. The standard InChI is InChI=1S/C17H13ClO4/c18-13-5-1-11(2-6-13)15(19)12-3-7-14(8-4-12)22-17(9-10-17)16(20)21/h1-8H,9-10H2,(H,20,21). The largest absolute Gasteiger partial charge is 0.478 e. The van der Waals surface area contributed by atoms with Crippen LogP contribution in [0.25, 0.3) is 0 Å².